The van der Waals surface area contributed by atoms with Gasteiger partial charge in [-0.25, -0.2) is 13.1 Å². The second-order valence-electron chi connectivity index (χ2n) is 5.99. The van der Waals surface area contributed by atoms with Crippen LogP contribution >= 0.6 is 0 Å². The van der Waals surface area contributed by atoms with Crippen molar-refractivity contribution in [3.63, 3.8) is 0 Å². The van der Waals surface area contributed by atoms with Gasteiger partial charge >= 0.3 is 0 Å². The zero-order chi connectivity index (χ0) is 19.8. The quantitative estimate of drug-likeness (QED) is 0.686. The van der Waals surface area contributed by atoms with Crippen LogP contribution in [0.1, 0.15) is 11.1 Å². The number of fused-ring (bicyclic) bond motifs is 1. The van der Waals surface area contributed by atoms with Gasteiger partial charge in [0.05, 0.1) is 31.6 Å². The number of nitrogens with one attached hydrogen (secondary N) is 1. The Morgan fingerprint density at radius 3 is 2.11 bits per heavy atom. The largest absolute Gasteiger partial charge is 0.493 e. The van der Waals surface area contributed by atoms with Crippen molar-refractivity contribution in [1.29, 1.82) is 0 Å². The molecular formula is C19H21NO6S. The molecule has 7 nitrogen and oxygen atoms in total. The fourth-order valence-electron chi connectivity index (χ4n) is 2.87. The summed E-state index contributed by atoms with van der Waals surface area (Å²) in [4.78, 5) is 0.148. The number of methoxy groups -OCH3 is 3. The number of hydrogen-bond donors (Lipinski definition) is 1. The molecule has 0 radical (unpaired) electrons. The van der Waals surface area contributed by atoms with Crippen LogP contribution in [0.2, 0.25) is 0 Å². The molecule has 8 heteroatoms. The lowest BCUT2D eigenvalue weighted by atomic mass is 10.1. The van der Waals surface area contributed by atoms with E-state index in [9.17, 15) is 8.42 Å². The van der Waals surface area contributed by atoms with Gasteiger partial charge in [-0.2, -0.15) is 0 Å². The van der Waals surface area contributed by atoms with Gasteiger partial charge in [0.25, 0.3) is 10.0 Å². The van der Waals surface area contributed by atoms with Crippen LogP contribution in [0.25, 0.3) is 11.0 Å². The van der Waals surface area contributed by atoms with Gasteiger partial charge in [0.15, 0.2) is 11.5 Å². The maximum Gasteiger partial charge on any atom is 0.264 e. The maximum atomic E-state index is 12.7. The summed E-state index contributed by atoms with van der Waals surface area (Å²) >= 11 is 0. The molecule has 1 aromatic heterocycles. The van der Waals surface area contributed by atoms with Crippen molar-refractivity contribution < 1.29 is 27.0 Å². The van der Waals surface area contributed by atoms with Gasteiger partial charge in [0.1, 0.15) is 5.58 Å². The van der Waals surface area contributed by atoms with E-state index < -0.39 is 10.0 Å². The predicted molar refractivity (Wildman–Crippen MR) is 103 cm³/mol. The fraction of sp³-hybridized carbons (Fsp3) is 0.263. The second kappa shape index (κ2) is 7.03. The van der Waals surface area contributed by atoms with E-state index in [1.54, 1.807) is 37.3 Å². The first-order chi connectivity index (χ1) is 12.8. The highest BCUT2D eigenvalue weighted by atomic mass is 32.2. The van der Waals surface area contributed by atoms with Gasteiger partial charge in [-0.05, 0) is 26.0 Å². The van der Waals surface area contributed by atoms with Crippen LogP contribution in [0.5, 0.6) is 17.2 Å². The molecule has 144 valence electrons. The third-order valence-corrected chi connectivity index (χ3v) is 5.63. The van der Waals surface area contributed by atoms with E-state index in [4.69, 9.17) is 18.6 Å². The Hall–Kier alpha value is -2.87. The van der Waals surface area contributed by atoms with Crippen LogP contribution in [0.3, 0.4) is 0 Å². The number of furan rings is 1. The number of anilines is 1. The van der Waals surface area contributed by atoms with Crippen LogP contribution in [-0.2, 0) is 10.0 Å². The summed E-state index contributed by atoms with van der Waals surface area (Å²) in [7, 11) is 0.704. The Labute approximate surface area is 157 Å². The number of benzene rings is 2. The minimum Gasteiger partial charge on any atom is -0.493 e. The molecule has 3 rings (SSSR count). The van der Waals surface area contributed by atoms with E-state index in [0.29, 0.717) is 33.8 Å². The molecule has 2 aromatic carbocycles. The van der Waals surface area contributed by atoms with E-state index in [-0.39, 0.29) is 10.8 Å². The molecule has 0 aliphatic carbocycles. The molecule has 1 heterocycles. The van der Waals surface area contributed by atoms with Crippen molar-refractivity contribution in [3.05, 3.63) is 41.5 Å². The van der Waals surface area contributed by atoms with Crippen LogP contribution in [0.15, 0.2) is 39.6 Å². The highest BCUT2D eigenvalue weighted by Gasteiger charge is 2.25. The Morgan fingerprint density at radius 1 is 0.926 bits per heavy atom. The summed E-state index contributed by atoms with van der Waals surface area (Å²) in [5.41, 5.74) is 1.97. The van der Waals surface area contributed by atoms with Crippen LogP contribution in [0.4, 0.5) is 5.88 Å². The van der Waals surface area contributed by atoms with Gasteiger partial charge in [0, 0.05) is 11.6 Å². The SMILES string of the molecule is COc1cc2oc(NS(=O)(=O)c3ccc(C)cc3)c(C)c2c(OC)c1OC. The first-order valence-corrected chi connectivity index (χ1v) is 9.62. The van der Waals surface area contributed by atoms with Gasteiger partial charge in [-0.1, -0.05) is 17.7 Å². The lowest BCUT2D eigenvalue weighted by molar-refractivity contribution is 0.326. The molecule has 0 atom stereocenters. The zero-order valence-electron chi connectivity index (χ0n) is 15.7. The molecule has 0 unspecified atom stereocenters. The van der Waals surface area contributed by atoms with Gasteiger partial charge in [-0.3, -0.25) is 0 Å². The van der Waals surface area contributed by atoms with E-state index in [1.165, 1.54) is 21.3 Å². The predicted octanol–water partition coefficient (Wildman–Crippen LogP) is 3.88. The standard InChI is InChI=1S/C19H21NO6S/c1-11-6-8-13(9-7-11)27(21,22)20-19-12(2)16-14(26-19)10-15(23-3)17(24-4)18(16)25-5/h6-10,20H,1-5H3. The monoisotopic (exact) mass is 391 g/mol. The van der Waals surface area contributed by atoms with Crippen molar-refractivity contribution in [3.8, 4) is 17.2 Å². The van der Waals surface area contributed by atoms with Crippen molar-refractivity contribution in [2.45, 2.75) is 18.7 Å². The molecular weight excluding hydrogens is 370 g/mol. The third kappa shape index (κ3) is 3.28. The third-order valence-electron chi connectivity index (χ3n) is 4.28. The average Bonchev–Trinajstić information content (AvgIpc) is 2.95. The molecule has 0 fully saturated rings. The van der Waals surface area contributed by atoms with Crippen LogP contribution in [0, 0.1) is 13.8 Å². The van der Waals surface area contributed by atoms with Gasteiger partial charge in [-0.15, -0.1) is 0 Å². The first kappa shape index (κ1) is 18.9. The summed E-state index contributed by atoms with van der Waals surface area (Å²) in [5.74, 6) is 1.35. The minimum atomic E-state index is -3.80. The number of ether oxygens (including phenoxy) is 3. The summed E-state index contributed by atoms with van der Waals surface area (Å²) in [6.45, 7) is 3.63. The lowest BCUT2D eigenvalue weighted by Gasteiger charge is -2.12. The summed E-state index contributed by atoms with van der Waals surface area (Å²) in [6.07, 6.45) is 0. The molecule has 0 aliphatic heterocycles. The van der Waals surface area contributed by atoms with Gasteiger partial charge in [0.2, 0.25) is 11.6 Å². The minimum absolute atomic E-state index is 0.110. The number of sulfonamides is 1. The second-order valence-corrected chi connectivity index (χ2v) is 7.68. The fourth-order valence-corrected chi connectivity index (χ4v) is 3.92. The van der Waals surface area contributed by atoms with E-state index in [2.05, 4.69) is 4.72 Å². The smallest absolute Gasteiger partial charge is 0.264 e. The lowest BCUT2D eigenvalue weighted by Crippen LogP contribution is -2.13. The summed E-state index contributed by atoms with van der Waals surface area (Å²) < 4.78 is 49.8. The molecule has 0 saturated carbocycles. The normalized spacial score (nSPS) is 11.4. The Morgan fingerprint density at radius 2 is 1.56 bits per heavy atom. The molecule has 0 saturated heterocycles. The van der Waals surface area contributed by atoms with E-state index in [1.807, 2.05) is 6.92 Å². The van der Waals surface area contributed by atoms with Gasteiger partial charge < -0.3 is 18.6 Å². The van der Waals surface area contributed by atoms with Crippen molar-refractivity contribution in [2.75, 3.05) is 26.1 Å². The Balaban J connectivity index is 2.13. The van der Waals surface area contributed by atoms with Crippen molar-refractivity contribution >= 4 is 26.9 Å². The molecule has 1 N–H and O–H groups in total. The number of aryl methyl sites for hydroxylation is 2. The Kier molecular flexibility index (Phi) is 4.93. The van der Waals surface area contributed by atoms with E-state index in [0.717, 1.165) is 5.56 Å². The average molecular weight is 391 g/mol. The molecule has 0 aliphatic rings. The first-order valence-electron chi connectivity index (χ1n) is 8.14. The highest BCUT2D eigenvalue weighted by Crippen LogP contribution is 2.47. The highest BCUT2D eigenvalue weighted by molar-refractivity contribution is 7.92. The number of rotatable bonds is 6. The Bertz CT molecular complexity index is 1080. The van der Waals surface area contributed by atoms with Crippen molar-refractivity contribution in [2.24, 2.45) is 0 Å². The molecule has 3 aromatic rings. The summed E-state index contributed by atoms with van der Waals surface area (Å²) in [6, 6.07) is 8.19. The van der Waals surface area contributed by atoms with Crippen LogP contribution in [-0.4, -0.2) is 29.7 Å². The maximum absolute atomic E-state index is 12.7. The van der Waals surface area contributed by atoms with Crippen LogP contribution < -0.4 is 18.9 Å². The topological polar surface area (TPSA) is 87.0 Å². The zero-order valence-corrected chi connectivity index (χ0v) is 16.6. The molecule has 27 heavy (non-hydrogen) atoms. The van der Waals surface area contributed by atoms with E-state index >= 15 is 0 Å². The molecule has 0 amide bonds. The van der Waals surface area contributed by atoms with Crippen molar-refractivity contribution in [1.82, 2.24) is 0 Å². The molecule has 0 spiro atoms. The summed E-state index contributed by atoms with van der Waals surface area (Å²) in [5, 5.41) is 0.608. The number of hydrogen-bond acceptors (Lipinski definition) is 6. The molecule has 0 bridgehead atoms.